The first kappa shape index (κ1) is 8.16. The van der Waals surface area contributed by atoms with Gasteiger partial charge in [0.25, 0.3) is 0 Å². The summed E-state index contributed by atoms with van der Waals surface area (Å²) in [5.41, 5.74) is 0. The summed E-state index contributed by atoms with van der Waals surface area (Å²) in [5.74, 6) is 5.87. The molecule has 0 aliphatic carbocycles. The highest BCUT2D eigenvalue weighted by atomic mass is 32.1. The molecule has 3 nitrogen and oxygen atoms in total. The van der Waals surface area contributed by atoms with Crippen LogP contribution in [0.1, 0.15) is 30.3 Å². The largest absolute Gasteiger partial charge is 0.268 e. The molecular weight excluding hydrogens is 170 g/mol. The average molecular weight is 183 g/mol. The molecule has 0 amide bonds. The molecule has 66 valence electrons. The fourth-order valence-electron chi connectivity index (χ4n) is 1.62. The van der Waals surface area contributed by atoms with Gasteiger partial charge in [0.15, 0.2) is 0 Å². The Labute approximate surface area is 76.2 Å². The van der Waals surface area contributed by atoms with Crippen molar-refractivity contribution in [2.45, 2.75) is 25.3 Å². The van der Waals surface area contributed by atoms with Gasteiger partial charge in [-0.1, -0.05) is 6.42 Å². The minimum Gasteiger partial charge on any atom is -0.268 e. The monoisotopic (exact) mass is 183 g/mol. The van der Waals surface area contributed by atoms with Crippen molar-refractivity contribution in [2.75, 3.05) is 6.54 Å². The van der Waals surface area contributed by atoms with Crippen LogP contribution in [0, 0.1) is 0 Å². The Balaban J connectivity index is 2.11. The maximum absolute atomic E-state index is 5.87. The second kappa shape index (κ2) is 3.51. The summed E-state index contributed by atoms with van der Waals surface area (Å²) in [6, 6.07) is 0.374. The maximum Gasteiger partial charge on any atom is 0.111 e. The molecule has 2 rings (SSSR count). The van der Waals surface area contributed by atoms with Crippen molar-refractivity contribution in [3.05, 3.63) is 16.6 Å². The molecule has 1 unspecified atom stereocenters. The van der Waals surface area contributed by atoms with E-state index in [1.165, 1.54) is 12.8 Å². The van der Waals surface area contributed by atoms with E-state index in [1.54, 1.807) is 11.3 Å². The Morgan fingerprint density at radius 3 is 3.17 bits per heavy atom. The molecule has 1 aromatic heterocycles. The molecule has 0 radical (unpaired) electrons. The number of hydrogen-bond donors (Lipinski definition) is 1. The summed E-state index contributed by atoms with van der Waals surface area (Å²) in [5, 5.41) is 5.09. The summed E-state index contributed by atoms with van der Waals surface area (Å²) >= 11 is 1.70. The lowest BCUT2D eigenvalue weighted by molar-refractivity contribution is 0.151. The summed E-state index contributed by atoms with van der Waals surface area (Å²) in [4.78, 5) is 4.29. The fraction of sp³-hybridized carbons (Fsp3) is 0.625. The number of nitrogens with zero attached hydrogens (tertiary/aromatic N) is 2. The standard InChI is InChI=1S/C8H13N3S/c9-11-5-2-1-3-7(11)8-10-4-6-12-8/h4,6-7H,1-3,5,9H2. The lowest BCUT2D eigenvalue weighted by Gasteiger charge is -2.30. The van der Waals surface area contributed by atoms with Gasteiger partial charge in [0.05, 0.1) is 6.04 Å². The predicted molar refractivity (Wildman–Crippen MR) is 49.6 cm³/mol. The molecule has 0 aromatic carbocycles. The molecule has 1 saturated heterocycles. The Morgan fingerprint density at radius 1 is 1.58 bits per heavy atom. The lowest BCUT2D eigenvalue weighted by atomic mass is 10.1. The number of nitrogens with two attached hydrogens (primary N) is 1. The number of rotatable bonds is 1. The molecule has 0 spiro atoms. The van der Waals surface area contributed by atoms with Gasteiger partial charge in [0.1, 0.15) is 5.01 Å². The van der Waals surface area contributed by atoms with Gasteiger partial charge in [0.2, 0.25) is 0 Å². The number of hydrazine groups is 1. The van der Waals surface area contributed by atoms with E-state index in [9.17, 15) is 0 Å². The van der Waals surface area contributed by atoms with Crippen LogP contribution in [-0.2, 0) is 0 Å². The van der Waals surface area contributed by atoms with Crippen LogP contribution < -0.4 is 5.84 Å². The van der Waals surface area contributed by atoms with E-state index in [1.807, 2.05) is 16.6 Å². The van der Waals surface area contributed by atoms with Crippen LogP contribution in [0.5, 0.6) is 0 Å². The van der Waals surface area contributed by atoms with Gasteiger partial charge < -0.3 is 0 Å². The molecular formula is C8H13N3S. The Hall–Kier alpha value is -0.450. The zero-order chi connectivity index (χ0) is 8.39. The predicted octanol–water partition coefficient (Wildman–Crippen LogP) is 1.54. The molecule has 0 bridgehead atoms. The lowest BCUT2D eigenvalue weighted by Crippen LogP contribution is -2.38. The second-order valence-electron chi connectivity index (χ2n) is 3.12. The molecule has 2 N–H and O–H groups in total. The third-order valence-electron chi connectivity index (χ3n) is 2.28. The zero-order valence-electron chi connectivity index (χ0n) is 6.94. The van der Waals surface area contributed by atoms with Crippen molar-refractivity contribution >= 4 is 11.3 Å². The molecule has 1 aliphatic heterocycles. The quantitative estimate of drug-likeness (QED) is 0.672. The molecule has 1 aliphatic rings. The van der Waals surface area contributed by atoms with Gasteiger partial charge in [-0.05, 0) is 12.8 Å². The summed E-state index contributed by atoms with van der Waals surface area (Å²) < 4.78 is 0. The number of hydrogen-bond acceptors (Lipinski definition) is 4. The van der Waals surface area contributed by atoms with Crippen molar-refractivity contribution in [1.82, 2.24) is 9.99 Å². The zero-order valence-corrected chi connectivity index (χ0v) is 7.76. The number of thiazole rings is 1. The highest BCUT2D eigenvalue weighted by Gasteiger charge is 2.22. The van der Waals surface area contributed by atoms with E-state index in [0.29, 0.717) is 6.04 Å². The topological polar surface area (TPSA) is 42.1 Å². The molecule has 0 saturated carbocycles. The number of piperidine rings is 1. The van der Waals surface area contributed by atoms with Crippen molar-refractivity contribution in [2.24, 2.45) is 5.84 Å². The van der Waals surface area contributed by atoms with E-state index in [4.69, 9.17) is 5.84 Å². The van der Waals surface area contributed by atoms with Gasteiger partial charge >= 0.3 is 0 Å². The van der Waals surface area contributed by atoms with Gasteiger partial charge in [-0.15, -0.1) is 11.3 Å². The van der Waals surface area contributed by atoms with Crippen molar-refractivity contribution in [1.29, 1.82) is 0 Å². The molecule has 2 heterocycles. The highest BCUT2D eigenvalue weighted by Crippen LogP contribution is 2.29. The molecule has 12 heavy (non-hydrogen) atoms. The van der Waals surface area contributed by atoms with Crippen LogP contribution in [0.2, 0.25) is 0 Å². The van der Waals surface area contributed by atoms with Crippen LogP contribution in [0.25, 0.3) is 0 Å². The second-order valence-corrected chi connectivity index (χ2v) is 4.05. The van der Waals surface area contributed by atoms with E-state index >= 15 is 0 Å². The SMILES string of the molecule is NN1CCCCC1c1nccs1. The summed E-state index contributed by atoms with van der Waals surface area (Å²) in [7, 11) is 0. The van der Waals surface area contributed by atoms with Crippen molar-refractivity contribution in [3.63, 3.8) is 0 Å². The van der Waals surface area contributed by atoms with Crippen LogP contribution in [0.3, 0.4) is 0 Å². The molecule has 1 fully saturated rings. The Kier molecular flexibility index (Phi) is 2.39. The minimum absolute atomic E-state index is 0.374. The highest BCUT2D eigenvalue weighted by molar-refractivity contribution is 7.09. The third-order valence-corrected chi connectivity index (χ3v) is 3.16. The number of aromatic nitrogens is 1. The van der Waals surface area contributed by atoms with E-state index in [-0.39, 0.29) is 0 Å². The van der Waals surface area contributed by atoms with Crippen molar-refractivity contribution < 1.29 is 0 Å². The van der Waals surface area contributed by atoms with Crippen LogP contribution in [0.15, 0.2) is 11.6 Å². The van der Waals surface area contributed by atoms with E-state index in [2.05, 4.69) is 4.98 Å². The first-order chi connectivity index (χ1) is 5.88. The molecule has 4 heteroatoms. The third kappa shape index (κ3) is 1.50. The van der Waals surface area contributed by atoms with Crippen molar-refractivity contribution in [3.8, 4) is 0 Å². The molecule has 1 aromatic rings. The average Bonchev–Trinajstić information content (AvgIpc) is 2.57. The fourth-order valence-corrected chi connectivity index (χ4v) is 2.41. The normalized spacial score (nSPS) is 25.9. The minimum atomic E-state index is 0.374. The molecule has 1 atom stereocenters. The van der Waals surface area contributed by atoms with Gasteiger partial charge in [-0.3, -0.25) is 5.84 Å². The van der Waals surface area contributed by atoms with Crippen LogP contribution in [0.4, 0.5) is 0 Å². The Morgan fingerprint density at radius 2 is 2.50 bits per heavy atom. The first-order valence-electron chi connectivity index (χ1n) is 4.28. The van der Waals surface area contributed by atoms with E-state index < -0.39 is 0 Å². The maximum atomic E-state index is 5.87. The van der Waals surface area contributed by atoms with Gasteiger partial charge in [-0.2, -0.15) is 0 Å². The van der Waals surface area contributed by atoms with Crippen LogP contribution >= 0.6 is 11.3 Å². The smallest absolute Gasteiger partial charge is 0.111 e. The first-order valence-corrected chi connectivity index (χ1v) is 5.16. The van der Waals surface area contributed by atoms with Gasteiger partial charge in [0, 0.05) is 18.1 Å². The Bertz CT molecular complexity index is 234. The summed E-state index contributed by atoms with van der Waals surface area (Å²) in [6.45, 7) is 1.00. The van der Waals surface area contributed by atoms with E-state index in [0.717, 1.165) is 18.0 Å². The van der Waals surface area contributed by atoms with Gasteiger partial charge in [-0.25, -0.2) is 9.99 Å². The van der Waals surface area contributed by atoms with Crippen LogP contribution in [-0.4, -0.2) is 16.5 Å². The summed E-state index contributed by atoms with van der Waals surface area (Å²) in [6.07, 6.45) is 5.50.